The van der Waals surface area contributed by atoms with Crippen LogP contribution in [-0.2, 0) is 0 Å². The van der Waals surface area contributed by atoms with E-state index in [0.717, 1.165) is 6.42 Å². The van der Waals surface area contributed by atoms with Crippen LogP contribution in [0.15, 0.2) is 17.3 Å². The molecule has 2 rings (SSSR count). The zero-order valence-corrected chi connectivity index (χ0v) is 10.9. The Morgan fingerprint density at radius 3 is 2.48 bits per heavy atom. The fourth-order valence-electron chi connectivity index (χ4n) is 2.50. The molecule has 1 aliphatic carbocycles. The Hall–Kier alpha value is -2.25. The Balaban J connectivity index is 2.15. The van der Waals surface area contributed by atoms with Crippen LogP contribution in [0.25, 0.3) is 0 Å². The summed E-state index contributed by atoms with van der Waals surface area (Å²) < 4.78 is 39.1. The maximum atomic E-state index is 13.1. The number of nitrogens with one attached hydrogen (secondary N) is 1. The fourth-order valence-corrected chi connectivity index (χ4v) is 2.50. The summed E-state index contributed by atoms with van der Waals surface area (Å²) in [6.45, 7) is 0. The number of benzene rings is 1. The van der Waals surface area contributed by atoms with Gasteiger partial charge < -0.3 is 16.3 Å². The van der Waals surface area contributed by atoms with Crippen LogP contribution in [0.1, 0.15) is 29.6 Å². The molecule has 0 heterocycles. The number of carbonyl (C=O) groups excluding carboxylic acids is 1. The fraction of sp³-hybridized carbons (Fsp3) is 0.385. The van der Waals surface area contributed by atoms with Crippen LogP contribution in [0.4, 0.5) is 13.2 Å². The van der Waals surface area contributed by atoms with Crippen molar-refractivity contribution < 1.29 is 23.2 Å². The molecule has 0 aliphatic heterocycles. The van der Waals surface area contributed by atoms with Crippen molar-refractivity contribution in [3.63, 3.8) is 0 Å². The Labute approximate surface area is 118 Å². The summed E-state index contributed by atoms with van der Waals surface area (Å²) in [6, 6.07) is 0.854. The maximum absolute atomic E-state index is 13.1. The lowest BCUT2D eigenvalue weighted by molar-refractivity contribution is 0.0932. The van der Waals surface area contributed by atoms with Gasteiger partial charge in [0.1, 0.15) is 5.84 Å². The van der Waals surface area contributed by atoms with Crippen LogP contribution in [0.3, 0.4) is 0 Å². The lowest BCUT2D eigenvalue weighted by Gasteiger charge is -2.19. The van der Waals surface area contributed by atoms with Crippen LogP contribution in [0.5, 0.6) is 0 Å². The molecule has 1 saturated carbocycles. The highest BCUT2D eigenvalue weighted by Gasteiger charge is 2.32. The quantitative estimate of drug-likeness (QED) is 0.261. The summed E-state index contributed by atoms with van der Waals surface area (Å²) in [6.07, 6.45) is 1.99. The molecule has 114 valence electrons. The summed E-state index contributed by atoms with van der Waals surface area (Å²) in [5.41, 5.74) is 5.21. The van der Waals surface area contributed by atoms with E-state index >= 15 is 0 Å². The maximum Gasteiger partial charge on any atom is 0.251 e. The molecule has 4 N–H and O–H groups in total. The van der Waals surface area contributed by atoms with Gasteiger partial charge in [-0.05, 0) is 25.0 Å². The summed E-state index contributed by atoms with van der Waals surface area (Å²) in [4.78, 5) is 12.0. The molecule has 2 atom stereocenters. The van der Waals surface area contributed by atoms with Crippen LogP contribution in [0.2, 0.25) is 0 Å². The van der Waals surface area contributed by atoms with Gasteiger partial charge in [0, 0.05) is 17.5 Å². The third-order valence-corrected chi connectivity index (χ3v) is 3.57. The number of hydrogen-bond acceptors (Lipinski definition) is 3. The van der Waals surface area contributed by atoms with E-state index in [1.807, 2.05) is 0 Å². The van der Waals surface area contributed by atoms with Gasteiger partial charge >= 0.3 is 0 Å². The van der Waals surface area contributed by atoms with Gasteiger partial charge in [-0.25, -0.2) is 13.2 Å². The van der Waals surface area contributed by atoms with Gasteiger partial charge in [0.05, 0.1) is 0 Å². The standard InChI is InChI=1S/C13H14F3N3O2/c14-8-4-6(5-9(15)11(8)16)13(20)18-10-3-1-2-7(10)12(17)19-21/h4-5,7,10,21H,1-3H2,(H2,17,19)(H,18,20). The molecule has 1 fully saturated rings. The minimum Gasteiger partial charge on any atom is -0.409 e. The van der Waals surface area contributed by atoms with Gasteiger partial charge in [-0.3, -0.25) is 4.79 Å². The summed E-state index contributed by atoms with van der Waals surface area (Å²) in [5.74, 6) is -5.57. The minimum atomic E-state index is -1.62. The monoisotopic (exact) mass is 301 g/mol. The number of nitrogens with zero attached hydrogens (tertiary/aromatic N) is 1. The Kier molecular flexibility index (Phi) is 4.35. The molecule has 1 aromatic carbocycles. The van der Waals surface area contributed by atoms with E-state index in [2.05, 4.69) is 10.5 Å². The van der Waals surface area contributed by atoms with Gasteiger partial charge in [-0.2, -0.15) is 0 Å². The molecule has 1 aromatic rings. The largest absolute Gasteiger partial charge is 0.409 e. The van der Waals surface area contributed by atoms with Crippen LogP contribution < -0.4 is 11.1 Å². The topological polar surface area (TPSA) is 87.7 Å². The van der Waals surface area contributed by atoms with Crippen molar-refractivity contribution in [1.29, 1.82) is 0 Å². The number of rotatable bonds is 3. The van der Waals surface area contributed by atoms with Crippen LogP contribution in [-0.4, -0.2) is 23.0 Å². The summed E-state index contributed by atoms with van der Waals surface area (Å²) >= 11 is 0. The molecule has 5 nitrogen and oxygen atoms in total. The number of halogens is 3. The van der Waals surface area contributed by atoms with Gasteiger partial charge in [0.2, 0.25) is 0 Å². The van der Waals surface area contributed by atoms with Gasteiger partial charge in [-0.1, -0.05) is 11.6 Å². The molecule has 0 radical (unpaired) electrons. The van der Waals surface area contributed by atoms with Crippen LogP contribution in [0, 0.1) is 23.4 Å². The van der Waals surface area contributed by atoms with Crippen molar-refractivity contribution in [2.24, 2.45) is 16.8 Å². The number of amidine groups is 1. The van der Waals surface area contributed by atoms with E-state index in [1.54, 1.807) is 0 Å². The number of nitrogens with two attached hydrogens (primary N) is 1. The molecule has 1 aliphatic rings. The highest BCUT2D eigenvalue weighted by atomic mass is 19.2. The third-order valence-electron chi connectivity index (χ3n) is 3.57. The molecule has 0 bridgehead atoms. The van der Waals surface area contributed by atoms with E-state index in [1.165, 1.54) is 0 Å². The van der Waals surface area contributed by atoms with E-state index in [9.17, 15) is 18.0 Å². The molecule has 1 amide bonds. The lowest BCUT2D eigenvalue weighted by Crippen LogP contribution is -2.42. The Bertz CT molecular complexity index is 569. The van der Waals surface area contributed by atoms with Crippen molar-refractivity contribution in [2.45, 2.75) is 25.3 Å². The first-order valence-corrected chi connectivity index (χ1v) is 6.37. The molecule has 8 heteroatoms. The van der Waals surface area contributed by atoms with Crippen molar-refractivity contribution in [3.05, 3.63) is 35.1 Å². The molecular formula is C13H14F3N3O2. The molecule has 21 heavy (non-hydrogen) atoms. The SMILES string of the molecule is NC(=NO)C1CCCC1NC(=O)c1cc(F)c(F)c(F)c1. The van der Waals surface area contributed by atoms with E-state index in [4.69, 9.17) is 10.9 Å². The highest BCUT2D eigenvalue weighted by Crippen LogP contribution is 2.26. The second kappa shape index (κ2) is 6.02. The van der Waals surface area contributed by atoms with Crippen molar-refractivity contribution in [1.82, 2.24) is 5.32 Å². The highest BCUT2D eigenvalue weighted by molar-refractivity contribution is 5.95. The number of amides is 1. The lowest BCUT2D eigenvalue weighted by atomic mass is 10.0. The third kappa shape index (κ3) is 3.09. The first-order valence-electron chi connectivity index (χ1n) is 6.37. The van der Waals surface area contributed by atoms with Gasteiger partial charge in [0.15, 0.2) is 17.5 Å². The van der Waals surface area contributed by atoms with Crippen molar-refractivity contribution in [2.75, 3.05) is 0 Å². The van der Waals surface area contributed by atoms with E-state index in [0.29, 0.717) is 25.0 Å². The van der Waals surface area contributed by atoms with E-state index < -0.39 is 29.4 Å². The number of carbonyl (C=O) groups is 1. The predicted molar refractivity (Wildman–Crippen MR) is 68.3 cm³/mol. The van der Waals surface area contributed by atoms with Gasteiger partial charge in [0.25, 0.3) is 5.91 Å². The van der Waals surface area contributed by atoms with Gasteiger partial charge in [-0.15, -0.1) is 0 Å². The second-order valence-electron chi connectivity index (χ2n) is 4.90. The zero-order chi connectivity index (χ0) is 15.6. The smallest absolute Gasteiger partial charge is 0.251 e. The Morgan fingerprint density at radius 2 is 1.90 bits per heavy atom. The van der Waals surface area contributed by atoms with Crippen molar-refractivity contribution >= 4 is 11.7 Å². The number of hydrogen-bond donors (Lipinski definition) is 3. The van der Waals surface area contributed by atoms with Crippen molar-refractivity contribution in [3.8, 4) is 0 Å². The normalized spacial score (nSPS) is 22.3. The molecule has 2 unspecified atom stereocenters. The number of oxime groups is 1. The molecule has 0 spiro atoms. The molecular weight excluding hydrogens is 287 g/mol. The zero-order valence-electron chi connectivity index (χ0n) is 10.9. The minimum absolute atomic E-state index is 0.00531. The molecule has 0 saturated heterocycles. The Morgan fingerprint density at radius 1 is 1.29 bits per heavy atom. The first kappa shape index (κ1) is 15.1. The second-order valence-corrected chi connectivity index (χ2v) is 4.90. The molecule has 0 aromatic heterocycles. The first-order chi connectivity index (χ1) is 9.93. The van der Waals surface area contributed by atoms with Crippen LogP contribution >= 0.6 is 0 Å². The average molecular weight is 301 g/mol. The summed E-state index contributed by atoms with van der Waals surface area (Å²) in [5, 5.41) is 14.2. The summed E-state index contributed by atoms with van der Waals surface area (Å²) in [7, 11) is 0. The van der Waals surface area contributed by atoms with E-state index in [-0.39, 0.29) is 17.3 Å². The average Bonchev–Trinajstić information content (AvgIpc) is 2.91. The predicted octanol–water partition coefficient (Wildman–Crippen LogP) is 1.75.